The van der Waals surface area contributed by atoms with Crippen LogP contribution in [0, 0.1) is 17.6 Å². The van der Waals surface area contributed by atoms with Crippen molar-refractivity contribution >= 4 is 17.4 Å². The Hall–Kier alpha value is -2.71. The van der Waals surface area contributed by atoms with Crippen LogP contribution in [0.5, 0.6) is 0 Å². The molecule has 1 fully saturated rings. The summed E-state index contributed by atoms with van der Waals surface area (Å²) in [6.45, 7) is 2.99. The van der Waals surface area contributed by atoms with Gasteiger partial charge in [-0.1, -0.05) is 0 Å². The maximum atomic E-state index is 13.5. The summed E-state index contributed by atoms with van der Waals surface area (Å²) in [6.07, 6.45) is -2.66. The highest BCUT2D eigenvalue weighted by atomic mass is 19.4. The summed E-state index contributed by atoms with van der Waals surface area (Å²) >= 11 is 0. The molecule has 1 aromatic carbocycles. The van der Waals surface area contributed by atoms with Gasteiger partial charge in [-0.3, -0.25) is 4.79 Å². The molecule has 1 aromatic heterocycles. The number of pyridine rings is 1. The van der Waals surface area contributed by atoms with Gasteiger partial charge in [-0.2, -0.15) is 13.2 Å². The summed E-state index contributed by atoms with van der Waals surface area (Å²) in [5.74, 6) is -2.06. The lowest BCUT2D eigenvalue weighted by Crippen LogP contribution is -2.43. The first kappa shape index (κ1) is 21.0. The molecule has 0 radical (unpaired) electrons. The average molecular weight is 413 g/mol. The first-order valence-corrected chi connectivity index (χ1v) is 9.25. The van der Waals surface area contributed by atoms with Crippen molar-refractivity contribution in [3.05, 3.63) is 53.7 Å². The zero-order valence-corrected chi connectivity index (χ0v) is 15.7. The molecule has 0 aliphatic carbocycles. The van der Waals surface area contributed by atoms with E-state index < -0.39 is 23.4 Å². The summed E-state index contributed by atoms with van der Waals surface area (Å²) in [6, 6.07) is 5.66. The van der Waals surface area contributed by atoms with Gasteiger partial charge in [0.25, 0.3) is 0 Å². The van der Waals surface area contributed by atoms with E-state index in [0.717, 1.165) is 24.4 Å². The van der Waals surface area contributed by atoms with E-state index in [1.807, 2.05) is 4.90 Å². The summed E-state index contributed by atoms with van der Waals surface area (Å²) in [7, 11) is 0. The van der Waals surface area contributed by atoms with Gasteiger partial charge < -0.3 is 9.80 Å². The summed E-state index contributed by atoms with van der Waals surface area (Å²) in [5, 5.41) is 0. The molecule has 0 bridgehead atoms. The molecule has 4 nitrogen and oxygen atoms in total. The number of alkyl halides is 3. The average Bonchev–Trinajstić information content (AvgIpc) is 2.70. The number of anilines is 2. The Bertz CT molecular complexity index is 861. The van der Waals surface area contributed by atoms with E-state index in [9.17, 15) is 26.7 Å². The predicted octanol–water partition coefficient (Wildman–Crippen LogP) is 4.65. The van der Waals surface area contributed by atoms with Gasteiger partial charge in [-0.25, -0.2) is 13.8 Å². The first-order chi connectivity index (χ1) is 13.7. The minimum absolute atomic E-state index is 0.182. The van der Waals surface area contributed by atoms with E-state index in [4.69, 9.17) is 0 Å². The second-order valence-corrected chi connectivity index (χ2v) is 6.85. The third-order valence-corrected chi connectivity index (χ3v) is 5.04. The quantitative estimate of drug-likeness (QED) is 0.685. The molecule has 0 saturated carbocycles. The highest BCUT2D eigenvalue weighted by molar-refractivity contribution is 5.95. The Kier molecular flexibility index (Phi) is 6.04. The third-order valence-electron chi connectivity index (χ3n) is 5.04. The van der Waals surface area contributed by atoms with Gasteiger partial charge in [-0.05, 0) is 44.0 Å². The maximum absolute atomic E-state index is 13.5. The first-order valence-electron chi connectivity index (χ1n) is 9.25. The van der Waals surface area contributed by atoms with E-state index in [1.165, 1.54) is 17.0 Å². The molecule has 2 aromatic rings. The number of piperidine rings is 1. The van der Waals surface area contributed by atoms with Crippen LogP contribution in [0.15, 0.2) is 36.5 Å². The van der Waals surface area contributed by atoms with E-state index in [0.29, 0.717) is 44.0 Å². The molecule has 3 rings (SSSR count). The number of aromatic nitrogens is 1. The number of hydrogen-bond donors (Lipinski definition) is 0. The molecule has 2 heterocycles. The number of nitrogens with zero attached hydrogens (tertiary/aromatic N) is 3. The number of halogens is 5. The molecule has 29 heavy (non-hydrogen) atoms. The number of carbonyl (C=O) groups excluding carboxylic acids is 1. The largest absolute Gasteiger partial charge is 0.417 e. The number of amides is 1. The smallest absolute Gasteiger partial charge is 0.357 e. The molecule has 1 aliphatic heterocycles. The maximum Gasteiger partial charge on any atom is 0.417 e. The zero-order valence-electron chi connectivity index (χ0n) is 15.7. The molecular formula is C20H20F5N3O. The van der Waals surface area contributed by atoms with E-state index >= 15 is 0 Å². The van der Waals surface area contributed by atoms with Gasteiger partial charge >= 0.3 is 6.18 Å². The minimum Gasteiger partial charge on any atom is -0.357 e. The Labute approximate surface area is 164 Å². The molecule has 0 N–H and O–H groups in total. The van der Waals surface area contributed by atoms with Crippen molar-refractivity contribution < 1.29 is 26.7 Å². The SMILES string of the molecule is CCN(C(=O)C1CCN(c2ccc(C(F)(F)F)cn2)CC1)c1ccc(F)c(F)c1. The molecule has 1 saturated heterocycles. The molecule has 9 heteroatoms. The van der Waals surface area contributed by atoms with Crippen molar-refractivity contribution in [2.24, 2.45) is 5.92 Å². The van der Waals surface area contributed by atoms with E-state index in [-0.39, 0.29) is 11.8 Å². The van der Waals surface area contributed by atoms with Crippen LogP contribution in [-0.2, 0) is 11.0 Å². The lowest BCUT2D eigenvalue weighted by Gasteiger charge is -2.34. The van der Waals surface area contributed by atoms with Crippen molar-refractivity contribution in [3.8, 4) is 0 Å². The second-order valence-electron chi connectivity index (χ2n) is 6.85. The molecule has 1 aliphatic rings. The van der Waals surface area contributed by atoms with Crippen LogP contribution in [0.1, 0.15) is 25.3 Å². The summed E-state index contributed by atoms with van der Waals surface area (Å²) < 4.78 is 64.7. The minimum atomic E-state index is -4.44. The van der Waals surface area contributed by atoms with Crippen LogP contribution in [0.4, 0.5) is 33.5 Å². The van der Waals surface area contributed by atoms with Gasteiger partial charge in [0.2, 0.25) is 5.91 Å². The zero-order chi connectivity index (χ0) is 21.2. The third kappa shape index (κ3) is 4.65. The van der Waals surface area contributed by atoms with Crippen LogP contribution in [0.3, 0.4) is 0 Å². The number of carbonyl (C=O) groups is 1. The Morgan fingerprint density at radius 3 is 2.34 bits per heavy atom. The summed E-state index contributed by atoms with van der Waals surface area (Å²) in [4.78, 5) is 20.0. The van der Waals surface area contributed by atoms with E-state index in [2.05, 4.69) is 4.98 Å². The van der Waals surface area contributed by atoms with Crippen molar-refractivity contribution in [2.45, 2.75) is 25.9 Å². The predicted molar refractivity (Wildman–Crippen MR) is 98.6 cm³/mol. The molecule has 156 valence electrons. The van der Waals surface area contributed by atoms with Crippen molar-refractivity contribution in [2.75, 3.05) is 29.4 Å². The van der Waals surface area contributed by atoms with Crippen LogP contribution < -0.4 is 9.80 Å². The van der Waals surface area contributed by atoms with Crippen molar-refractivity contribution in [3.63, 3.8) is 0 Å². The molecular weight excluding hydrogens is 393 g/mol. The number of benzene rings is 1. The van der Waals surface area contributed by atoms with Crippen LogP contribution in [-0.4, -0.2) is 30.5 Å². The molecule has 0 unspecified atom stereocenters. The Morgan fingerprint density at radius 2 is 1.83 bits per heavy atom. The summed E-state index contributed by atoms with van der Waals surface area (Å²) in [5.41, 5.74) is -0.514. The van der Waals surface area contributed by atoms with Gasteiger partial charge in [0.1, 0.15) is 5.82 Å². The topological polar surface area (TPSA) is 36.4 Å². The Morgan fingerprint density at radius 1 is 1.14 bits per heavy atom. The van der Waals surface area contributed by atoms with Gasteiger partial charge in [0.05, 0.1) is 5.56 Å². The molecule has 0 spiro atoms. The van der Waals surface area contributed by atoms with Gasteiger partial charge in [0, 0.05) is 43.5 Å². The fraction of sp³-hybridized carbons (Fsp3) is 0.400. The lowest BCUT2D eigenvalue weighted by molar-refractivity contribution is -0.137. The van der Waals surface area contributed by atoms with Crippen molar-refractivity contribution in [1.82, 2.24) is 4.98 Å². The van der Waals surface area contributed by atoms with Gasteiger partial charge in [0.15, 0.2) is 11.6 Å². The lowest BCUT2D eigenvalue weighted by atomic mass is 9.95. The van der Waals surface area contributed by atoms with Crippen LogP contribution >= 0.6 is 0 Å². The fourth-order valence-corrected chi connectivity index (χ4v) is 3.44. The second kappa shape index (κ2) is 8.34. The fourth-order valence-electron chi connectivity index (χ4n) is 3.44. The highest BCUT2D eigenvalue weighted by Gasteiger charge is 2.32. The highest BCUT2D eigenvalue weighted by Crippen LogP contribution is 2.31. The number of rotatable bonds is 4. The molecule has 1 amide bonds. The normalized spacial score (nSPS) is 15.4. The van der Waals surface area contributed by atoms with Crippen LogP contribution in [0.25, 0.3) is 0 Å². The standard InChI is InChI=1S/C20H20F5N3O/c1-2-28(15-4-5-16(21)17(22)11-15)19(29)13-7-9-27(10-8-13)18-6-3-14(12-26-18)20(23,24)25/h3-6,11-13H,2,7-10H2,1H3. The van der Waals surface area contributed by atoms with E-state index in [1.54, 1.807) is 6.92 Å². The van der Waals surface area contributed by atoms with Gasteiger partial charge in [-0.15, -0.1) is 0 Å². The van der Waals surface area contributed by atoms with Crippen molar-refractivity contribution in [1.29, 1.82) is 0 Å². The van der Waals surface area contributed by atoms with Crippen LogP contribution in [0.2, 0.25) is 0 Å². The monoisotopic (exact) mass is 413 g/mol. The molecule has 0 atom stereocenters. The Balaban J connectivity index is 1.64. The number of hydrogen-bond acceptors (Lipinski definition) is 3.